The number of hydrogen-bond donors (Lipinski definition) is 2. The maximum absolute atomic E-state index is 11.8. The van der Waals surface area contributed by atoms with Crippen LogP contribution in [0.2, 0.25) is 0 Å². The number of benzene rings is 2. The molecule has 174 valence electrons. The molecule has 1 aliphatic rings. The molecule has 1 saturated heterocycles. The van der Waals surface area contributed by atoms with Crippen LogP contribution in [-0.2, 0) is 16.8 Å². The fourth-order valence-electron chi connectivity index (χ4n) is 4.63. The second kappa shape index (κ2) is 9.62. The number of fused-ring (bicyclic) bond motifs is 1. The van der Waals surface area contributed by atoms with Crippen molar-refractivity contribution in [3.05, 3.63) is 53.9 Å². The van der Waals surface area contributed by atoms with Crippen LogP contribution in [0.4, 0.5) is 5.82 Å². The molecule has 0 unspecified atom stereocenters. The minimum Gasteiger partial charge on any atom is -0.493 e. The number of aromatic nitrogens is 2. The van der Waals surface area contributed by atoms with Gasteiger partial charge in [0.05, 0.1) is 26.3 Å². The van der Waals surface area contributed by atoms with Crippen LogP contribution in [0.5, 0.6) is 11.5 Å². The van der Waals surface area contributed by atoms with Gasteiger partial charge in [-0.3, -0.25) is 4.79 Å². The van der Waals surface area contributed by atoms with Crippen LogP contribution in [-0.4, -0.2) is 54.6 Å². The predicted octanol–water partition coefficient (Wildman–Crippen LogP) is 2.90. The summed E-state index contributed by atoms with van der Waals surface area (Å²) in [6, 6.07) is 14.1. The summed E-state index contributed by atoms with van der Waals surface area (Å²) in [7, 11) is 3.18. The van der Waals surface area contributed by atoms with Crippen LogP contribution in [0, 0.1) is 0 Å². The Labute approximate surface area is 194 Å². The van der Waals surface area contributed by atoms with Gasteiger partial charge in [-0.15, -0.1) is 0 Å². The number of hydrogen-bond acceptors (Lipinski definition) is 7. The Kier molecular flexibility index (Phi) is 6.65. The SMILES string of the molecule is COc1cc2nc(CNCC3(c4ccccc4)CCN(C(C)=O)CC3)nc(N)c2cc1OC. The van der Waals surface area contributed by atoms with Crippen LogP contribution in [0.3, 0.4) is 0 Å². The zero-order valence-electron chi connectivity index (χ0n) is 19.4. The van der Waals surface area contributed by atoms with Gasteiger partial charge >= 0.3 is 0 Å². The number of carbonyl (C=O) groups excluding carboxylic acids is 1. The van der Waals surface area contributed by atoms with E-state index in [1.807, 2.05) is 17.0 Å². The topological polar surface area (TPSA) is 103 Å². The first-order chi connectivity index (χ1) is 16.0. The van der Waals surface area contributed by atoms with Crippen LogP contribution >= 0.6 is 0 Å². The fourth-order valence-corrected chi connectivity index (χ4v) is 4.63. The molecule has 0 spiro atoms. The molecular formula is C25H31N5O3. The van der Waals surface area contributed by atoms with Gasteiger partial charge in [0.2, 0.25) is 5.91 Å². The summed E-state index contributed by atoms with van der Waals surface area (Å²) in [5.74, 6) is 2.36. The summed E-state index contributed by atoms with van der Waals surface area (Å²) in [6.45, 7) is 4.40. The van der Waals surface area contributed by atoms with Crippen LogP contribution in [0.15, 0.2) is 42.5 Å². The Bertz CT molecular complexity index is 1130. The van der Waals surface area contributed by atoms with Crippen molar-refractivity contribution in [2.45, 2.75) is 31.7 Å². The van der Waals surface area contributed by atoms with Gasteiger partial charge in [0.25, 0.3) is 0 Å². The average molecular weight is 450 g/mol. The fraction of sp³-hybridized carbons (Fsp3) is 0.400. The molecule has 0 atom stereocenters. The molecule has 0 aliphatic carbocycles. The van der Waals surface area contributed by atoms with Crippen molar-refractivity contribution < 1.29 is 14.3 Å². The minimum atomic E-state index is -0.0494. The number of nitrogens with one attached hydrogen (secondary N) is 1. The molecule has 1 aliphatic heterocycles. The van der Waals surface area contributed by atoms with Crippen molar-refractivity contribution in [2.75, 3.05) is 39.6 Å². The molecule has 2 heterocycles. The zero-order valence-corrected chi connectivity index (χ0v) is 19.4. The van der Waals surface area contributed by atoms with Gasteiger partial charge in [0, 0.05) is 43.4 Å². The standard InChI is InChI=1S/C25H31N5O3/c1-17(31)30-11-9-25(10-12-30,18-7-5-4-6-8-18)16-27-15-23-28-20-14-22(33-3)21(32-2)13-19(20)24(26)29-23/h4-8,13-14,27H,9-12,15-16H2,1-3H3,(H2,26,28,29). The number of piperidine rings is 1. The van der Waals surface area contributed by atoms with Gasteiger partial charge in [-0.25, -0.2) is 9.97 Å². The largest absolute Gasteiger partial charge is 0.493 e. The van der Waals surface area contributed by atoms with Gasteiger partial charge in [-0.1, -0.05) is 30.3 Å². The van der Waals surface area contributed by atoms with Crippen molar-refractivity contribution in [2.24, 2.45) is 0 Å². The third-order valence-corrected chi connectivity index (χ3v) is 6.58. The molecule has 2 aromatic carbocycles. The maximum atomic E-state index is 11.8. The summed E-state index contributed by atoms with van der Waals surface area (Å²) >= 11 is 0. The molecule has 8 nitrogen and oxygen atoms in total. The molecule has 0 saturated carbocycles. The van der Waals surface area contributed by atoms with E-state index in [4.69, 9.17) is 20.2 Å². The van der Waals surface area contributed by atoms with Crippen molar-refractivity contribution in [1.82, 2.24) is 20.2 Å². The van der Waals surface area contributed by atoms with Gasteiger partial charge in [-0.05, 0) is 24.5 Å². The molecule has 3 N–H and O–H groups in total. The molecule has 0 bridgehead atoms. The van der Waals surface area contributed by atoms with Gasteiger partial charge in [0.15, 0.2) is 11.5 Å². The number of amides is 1. The molecule has 1 aromatic heterocycles. The van der Waals surface area contributed by atoms with Crippen LogP contribution in [0.25, 0.3) is 10.9 Å². The maximum Gasteiger partial charge on any atom is 0.219 e. The van der Waals surface area contributed by atoms with E-state index in [0.29, 0.717) is 35.2 Å². The van der Waals surface area contributed by atoms with Crippen molar-refractivity contribution >= 4 is 22.6 Å². The number of nitrogen functional groups attached to an aromatic ring is 1. The Morgan fingerprint density at radius 2 is 1.76 bits per heavy atom. The molecule has 4 rings (SSSR count). The highest BCUT2D eigenvalue weighted by molar-refractivity contribution is 5.90. The van der Waals surface area contributed by atoms with Crippen LogP contribution < -0.4 is 20.5 Å². The molecule has 0 radical (unpaired) electrons. The van der Waals surface area contributed by atoms with Gasteiger partial charge < -0.3 is 25.4 Å². The lowest BCUT2D eigenvalue weighted by Crippen LogP contribution is -2.49. The molecule has 3 aromatic rings. The predicted molar refractivity (Wildman–Crippen MR) is 128 cm³/mol. The van der Waals surface area contributed by atoms with E-state index in [9.17, 15) is 4.79 Å². The first-order valence-electron chi connectivity index (χ1n) is 11.2. The third-order valence-electron chi connectivity index (χ3n) is 6.58. The number of nitrogens with zero attached hydrogens (tertiary/aromatic N) is 3. The van der Waals surface area contributed by atoms with E-state index in [2.05, 4.69) is 34.6 Å². The Balaban J connectivity index is 1.53. The molecular weight excluding hydrogens is 418 g/mol. The first kappa shape index (κ1) is 22.8. The monoisotopic (exact) mass is 449 g/mol. The Morgan fingerprint density at radius 3 is 2.39 bits per heavy atom. The second-order valence-corrected chi connectivity index (χ2v) is 8.51. The highest BCUT2D eigenvalue weighted by atomic mass is 16.5. The van der Waals surface area contributed by atoms with E-state index in [-0.39, 0.29) is 11.3 Å². The molecule has 33 heavy (non-hydrogen) atoms. The number of nitrogens with two attached hydrogens (primary N) is 1. The van der Waals surface area contributed by atoms with Crippen molar-refractivity contribution in [3.8, 4) is 11.5 Å². The lowest BCUT2D eigenvalue weighted by molar-refractivity contribution is -0.130. The zero-order chi connectivity index (χ0) is 23.4. The van der Waals surface area contributed by atoms with E-state index >= 15 is 0 Å². The van der Waals surface area contributed by atoms with E-state index in [1.165, 1.54) is 5.56 Å². The molecule has 1 fully saturated rings. The van der Waals surface area contributed by atoms with Crippen molar-refractivity contribution in [1.29, 1.82) is 0 Å². The van der Waals surface area contributed by atoms with E-state index in [1.54, 1.807) is 27.2 Å². The number of anilines is 1. The van der Waals surface area contributed by atoms with Crippen LogP contribution in [0.1, 0.15) is 31.2 Å². The van der Waals surface area contributed by atoms with E-state index in [0.717, 1.165) is 37.9 Å². The Hall–Kier alpha value is -3.39. The number of carbonyl (C=O) groups is 1. The first-order valence-corrected chi connectivity index (χ1v) is 11.2. The number of likely N-dealkylation sites (tertiary alicyclic amines) is 1. The van der Waals surface area contributed by atoms with Gasteiger partial charge in [0.1, 0.15) is 11.6 Å². The normalized spacial score (nSPS) is 15.4. The highest BCUT2D eigenvalue weighted by Crippen LogP contribution is 2.36. The molecule has 1 amide bonds. The average Bonchev–Trinajstić information content (AvgIpc) is 2.84. The summed E-state index contributed by atoms with van der Waals surface area (Å²) in [4.78, 5) is 23.0. The summed E-state index contributed by atoms with van der Waals surface area (Å²) in [5, 5.41) is 4.29. The third kappa shape index (κ3) is 4.71. The van der Waals surface area contributed by atoms with Gasteiger partial charge in [-0.2, -0.15) is 0 Å². The summed E-state index contributed by atoms with van der Waals surface area (Å²) < 4.78 is 10.8. The lowest BCUT2D eigenvalue weighted by Gasteiger charge is -2.42. The Morgan fingerprint density at radius 1 is 1.09 bits per heavy atom. The number of rotatable bonds is 7. The lowest BCUT2D eigenvalue weighted by atomic mass is 9.72. The quantitative estimate of drug-likeness (QED) is 0.572. The summed E-state index contributed by atoms with van der Waals surface area (Å²) in [5.41, 5.74) is 8.19. The number of ether oxygens (including phenoxy) is 2. The minimum absolute atomic E-state index is 0.0494. The van der Waals surface area contributed by atoms with Crippen molar-refractivity contribution in [3.63, 3.8) is 0 Å². The number of methoxy groups -OCH3 is 2. The second-order valence-electron chi connectivity index (χ2n) is 8.51. The highest BCUT2D eigenvalue weighted by Gasteiger charge is 2.36. The van der Waals surface area contributed by atoms with E-state index < -0.39 is 0 Å². The molecule has 8 heteroatoms. The summed E-state index contributed by atoms with van der Waals surface area (Å²) in [6.07, 6.45) is 1.81. The smallest absolute Gasteiger partial charge is 0.219 e.